The minimum absolute atomic E-state index is 0.0616. The average molecular weight is 351 g/mol. The first-order chi connectivity index (χ1) is 11.0. The molecule has 0 saturated heterocycles. The first-order valence-electron chi connectivity index (χ1n) is 7.45. The van der Waals surface area contributed by atoms with Crippen LogP contribution < -0.4 is 4.72 Å². The maximum atomic E-state index is 12.4. The smallest absolute Gasteiger partial charge is 0.313 e. The molecule has 2 rings (SSSR count). The van der Waals surface area contributed by atoms with Gasteiger partial charge >= 0.3 is 5.97 Å². The van der Waals surface area contributed by atoms with Gasteiger partial charge in [-0.25, -0.2) is 8.42 Å². The van der Waals surface area contributed by atoms with Crippen molar-refractivity contribution < 1.29 is 18.3 Å². The van der Waals surface area contributed by atoms with E-state index in [-0.39, 0.29) is 10.9 Å². The number of carbonyl (C=O) groups is 1. The highest BCUT2D eigenvalue weighted by atomic mass is 32.2. The Bertz CT molecular complexity index is 836. The zero-order valence-corrected chi connectivity index (χ0v) is 14.8. The Labute approximate surface area is 141 Å². The van der Waals surface area contributed by atoms with E-state index in [2.05, 4.69) is 9.82 Å². The van der Waals surface area contributed by atoms with Crippen molar-refractivity contribution in [2.24, 2.45) is 0 Å². The predicted molar refractivity (Wildman–Crippen MR) is 90.5 cm³/mol. The highest BCUT2D eigenvalue weighted by Crippen LogP contribution is 2.25. The molecule has 2 aromatic rings. The number of rotatable bonds is 6. The Balaban J connectivity index is 2.22. The van der Waals surface area contributed by atoms with E-state index < -0.39 is 21.4 Å². The van der Waals surface area contributed by atoms with E-state index in [1.54, 1.807) is 42.8 Å². The second-order valence-electron chi connectivity index (χ2n) is 6.36. The van der Waals surface area contributed by atoms with Crippen LogP contribution in [0.1, 0.15) is 39.3 Å². The molecule has 0 bridgehead atoms. The number of sulfonamides is 1. The van der Waals surface area contributed by atoms with E-state index >= 15 is 0 Å². The normalized spacial score (nSPS) is 12.4. The molecule has 0 amide bonds. The summed E-state index contributed by atoms with van der Waals surface area (Å²) in [7, 11) is -3.74. The summed E-state index contributed by atoms with van der Waals surface area (Å²) in [5.74, 6) is -0.947. The third-order valence-corrected chi connectivity index (χ3v) is 5.15. The summed E-state index contributed by atoms with van der Waals surface area (Å²) in [6.07, 6.45) is 2.76. The Kier molecular flexibility index (Phi) is 4.70. The van der Waals surface area contributed by atoms with Crippen LogP contribution in [0.15, 0.2) is 41.6 Å². The van der Waals surface area contributed by atoms with Crippen LogP contribution in [0.2, 0.25) is 0 Å². The Morgan fingerprint density at radius 2 is 1.83 bits per heavy atom. The fourth-order valence-corrected chi connectivity index (χ4v) is 3.03. The zero-order valence-electron chi connectivity index (χ0n) is 14.0. The molecule has 2 N–H and O–H groups in total. The van der Waals surface area contributed by atoms with Crippen LogP contribution in [-0.4, -0.2) is 29.3 Å². The summed E-state index contributed by atoms with van der Waals surface area (Å²) in [6, 6.07) is 6.36. The van der Waals surface area contributed by atoms with Gasteiger partial charge in [-0.05, 0) is 45.4 Å². The summed E-state index contributed by atoms with van der Waals surface area (Å²) < 4.78 is 28.8. The van der Waals surface area contributed by atoms with Gasteiger partial charge in [0.25, 0.3) is 10.0 Å². The monoisotopic (exact) mass is 351 g/mol. The summed E-state index contributed by atoms with van der Waals surface area (Å²) in [6.45, 7) is 6.99. The van der Waals surface area contributed by atoms with Crippen LogP contribution >= 0.6 is 0 Å². The zero-order chi connectivity index (χ0) is 18.1. The summed E-state index contributed by atoms with van der Waals surface area (Å²) >= 11 is 0. The van der Waals surface area contributed by atoms with Crippen molar-refractivity contribution >= 4 is 21.7 Å². The molecule has 0 aliphatic carbocycles. The number of hydrogen-bond donors (Lipinski definition) is 2. The lowest BCUT2D eigenvalue weighted by Gasteiger charge is -2.20. The summed E-state index contributed by atoms with van der Waals surface area (Å²) in [5, 5.41) is 13.2. The van der Waals surface area contributed by atoms with Gasteiger partial charge in [-0.1, -0.05) is 12.1 Å². The highest BCUT2D eigenvalue weighted by Gasteiger charge is 2.29. The van der Waals surface area contributed by atoms with Crippen LogP contribution in [0.4, 0.5) is 5.69 Å². The highest BCUT2D eigenvalue weighted by molar-refractivity contribution is 7.92. The quantitative estimate of drug-likeness (QED) is 0.833. The molecule has 7 nitrogen and oxygen atoms in total. The van der Waals surface area contributed by atoms with Crippen molar-refractivity contribution in [3.63, 3.8) is 0 Å². The first-order valence-corrected chi connectivity index (χ1v) is 8.93. The van der Waals surface area contributed by atoms with Gasteiger partial charge in [-0.2, -0.15) is 5.10 Å². The molecule has 1 aromatic carbocycles. The molecule has 0 fully saturated rings. The van der Waals surface area contributed by atoms with Crippen molar-refractivity contribution in [1.29, 1.82) is 0 Å². The number of carboxylic acid groups (broad SMARTS) is 1. The van der Waals surface area contributed by atoms with Crippen LogP contribution in [-0.2, 0) is 20.2 Å². The molecule has 8 heteroatoms. The van der Waals surface area contributed by atoms with Crippen LogP contribution in [0.25, 0.3) is 0 Å². The van der Waals surface area contributed by atoms with Crippen molar-refractivity contribution in [2.45, 2.75) is 44.0 Å². The van der Waals surface area contributed by atoms with E-state index in [1.807, 2.05) is 13.8 Å². The Morgan fingerprint density at radius 3 is 2.29 bits per heavy atom. The number of aromatic nitrogens is 2. The maximum absolute atomic E-state index is 12.4. The van der Waals surface area contributed by atoms with Crippen molar-refractivity contribution in [2.75, 3.05) is 4.72 Å². The van der Waals surface area contributed by atoms with E-state index in [9.17, 15) is 18.3 Å². The number of hydrogen-bond acceptors (Lipinski definition) is 4. The van der Waals surface area contributed by atoms with Gasteiger partial charge in [-0.3, -0.25) is 14.2 Å². The number of carboxylic acids is 1. The largest absolute Gasteiger partial charge is 0.481 e. The number of benzene rings is 1. The molecular formula is C16H21N3O4S. The van der Waals surface area contributed by atoms with Gasteiger partial charge in [0.2, 0.25) is 0 Å². The lowest BCUT2D eigenvalue weighted by atomic mass is 9.85. The number of nitrogens with one attached hydrogen (secondary N) is 1. The minimum atomic E-state index is -3.74. The van der Waals surface area contributed by atoms with E-state index in [1.165, 1.54) is 12.4 Å². The van der Waals surface area contributed by atoms with Crippen molar-refractivity contribution in [1.82, 2.24) is 9.78 Å². The standard InChI is InChI=1S/C16H21N3O4S/c1-11(2)19-10-14(9-17-19)24(22,23)18-13-7-5-12(6-8-13)16(3,4)15(20)21/h5-11,18H,1-4H3,(H,20,21). The van der Waals surface area contributed by atoms with E-state index in [0.717, 1.165) is 0 Å². The minimum Gasteiger partial charge on any atom is -0.481 e. The second kappa shape index (κ2) is 6.27. The van der Waals surface area contributed by atoms with Crippen LogP contribution in [0.3, 0.4) is 0 Å². The molecular weight excluding hydrogens is 330 g/mol. The molecule has 1 heterocycles. The topological polar surface area (TPSA) is 101 Å². The second-order valence-corrected chi connectivity index (χ2v) is 8.05. The molecule has 0 aliphatic rings. The molecule has 0 spiro atoms. The lowest BCUT2D eigenvalue weighted by Crippen LogP contribution is -2.28. The summed E-state index contributed by atoms with van der Waals surface area (Å²) in [4.78, 5) is 11.3. The van der Waals surface area contributed by atoms with Crippen molar-refractivity contribution in [3.8, 4) is 0 Å². The van der Waals surface area contributed by atoms with E-state index in [0.29, 0.717) is 11.3 Å². The van der Waals surface area contributed by atoms with E-state index in [4.69, 9.17) is 0 Å². The molecule has 24 heavy (non-hydrogen) atoms. The van der Waals surface area contributed by atoms with Gasteiger partial charge in [0.1, 0.15) is 4.90 Å². The number of nitrogens with zero attached hydrogens (tertiary/aromatic N) is 2. The van der Waals surface area contributed by atoms with Gasteiger partial charge in [0.15, 0.2) is 0 Å². The first kappa shape index (κ1) is 18.0. The fourth-order valence-electron chi connectivity index (χ4n) is 2.03. The molecule has 0 unspecified atom stereocenters. The van der Waals surface area contributed by atoms with Crippen LogP contribution in [0, 0.1) is 0 Å². The van der Waals surface area contributed by atoms with Crippen molar-refractivity contribution in [3.05, 3.63) is 42.2 Å². The van der Waals surface area contributed by atoms with Gasteiger partial charge in [-0.15, -0.1) is 0 Å². The third-order valence-electron chi connectivity index (χ3n) is 3.81. The molecule has 0 saturated carbocycles. The average Bonchev–Trinajstić information content (AvgIpc) is 2.98. The molecule has 0 atom stereocenters. The predicted octanol–water partition coefficient (Wildman–Crippen LogP) is 2.63. The van der Waals surface area contributed by atoms with Gasteiger partial charge < -0.3 is 5.11 Å². The molecule has 0 aliphatic heterocycles. The Morgan fingerprint density at radius 1 is 1.25 bits per heavy atom. The summed E-state index contributed by atoms with van der Waals surface area (Å²) in [5.41, 5.74) is -0.0988. The molecule has 130 valence electrons. The lowest BCUT2D eigenvalue weighted by molar-refractivity contribution is -0.142. The molecule has 0 radical (unpaired) electrons. The number of anilines is 1. The molecule has 1 aromatic heterocycles. The SMILES string of the molecule is CC(C)n1cc(S(=O)(=O)Nc2ccc(C(C)(C)C(=O)O)cc2)cn1. The third kappa shape index (κ3) is 3.59. The fraction of sp³-hybridized carbons (Fsp3) is 0.375. The maximum Gasteiger partial charge on any atom is 0.313 e. The van der Waals surface area contributed by atoms with Gasteiger partial charge in [0.05, 0.1) is 11.6 Å². The van der Waals surface area contributed by atoms with Crippen LogP contribution in [0.5, 0.6) is 0 Å². The van der Waals surface area contributed by atoms with Gasteiger partial charge in [0, 0.05) is 17.9 Å². The Hall–Kier alpha value is -2.35. The number of aliphatic carboxylic acids is 1.